The number of carbonyl (C=O) groups is 1. The van der Waals surface area contributed by atoms with Gasteiger partial charge in [0.15, 0.2) is 0 Å². The van der Waals surface area contributed by atoms with Crippen molar-refractivity contribution < 1.29 is 13.2 Å². The third-order valence-electron chi connectivity index (χ3n) is 4.88. The van der Waals surface area contributed by atoms with Crippen molar-refractivity contribution >= 4 is 16.1 Å². The highest BCUT2D eigenvalue weighted by atomic mass is 32.2. The largest absolute Gasteiger partial charge is 0.338 e. The third-order valence-corrected chi connectivity index (χ3v) is 6.78. The first-order valence-electron chi connectivity index (χ1n) is 8.53. The van der Waals surface area contributed by atoms with Crippen molar-refractivity contribution in [3.8, 4) is 0 Å². The molecule has 3 rings (SSSR count). The van der Waals surface area contributed by atoms with E-state index in [-0.39, 0.29) is 11.9 Å². The van der Waals surface area contributed by atoms with Crippen molar-refractivity contribution in [1.29, 1.82) is 0 Å². The highest BCUT2D eigenvalue weighted by Gasteiger charge is 2.36. The number of likely N-dealkylation sites (tertiary alicyclic amines) is 1. The van der Waals surface area contributed by atoms with Crippen molar-refractivity contribution in [1.82, 2.24) is 13.5 Å². The van der Waals surface area contributed by atoms with Gasteiger partial charge in [0, 0.05) is 45.7 Å². The third kappa shape index (κ3) is 3.63. The van der Waals surface area contributed by atoms with E-state index in [4.69, 9.17) is 0 Å². The van der Waals surface area contributed by atoms with Crippen molar-refractivity contribution in [2.45, 2.75) is 38.3 Å². The fourth-order valence-electron chi connectivity index (χ4n) is 3.56. The number of nitrogens with zero attached hydrogens (tertiary/aromatic N) is 3. The fourth-order valence-corrected chi connectivity index (χ4v) is 4.99. The van der Waals surface area contributed by atoms with Crippen molar-refractivity contribution in [2.75, 3.05) is 26.7 Å². The summed E-state index contributed by atoms with van der Waals surface area (Å²) in [6, 6.07) is 9.60. The molecule has 132 valence electrons. The Labute approximate surface area is 144 Å². The standard InChI is InChI=1S/C17H25N3O3S/c1-18(13-15-7-3-2-4-8-15)24(22,23)19-11-5-9-16(14-19)20-12-6-10-17(20)21/h2-4,7-8,16H,5-6,9-14H2,1H3/t16-/m0/s1. The minimum Gasteiger partial charge on any atom is -0.338 e. The van der Waals surface area contributed by atoms with Crippen LogP contribution in [0.25, 0.3) is 0 Å². The molecular weight excluding hydrogens is 326 g/mol. The Kier molecular flexibility index (Phi) is 5.22. The molecule has 0 bridgehead atoms. The molecule has 2 aliphatic heterocycles. The van der Waals surface area contributed by atoms with Gasteiger partial charge in [-0.1, -0.05) is 30.3 Å². The smallest absolute Gasteiger partial charge is 0.282 e. The van der Waals surface area contributed by atoms with Crippen LogP contribution in [0.5, 0.6) is 0 Å². The van der Waals surface area contributed by atoms with E-state index in [0.29, 0.717) is 26.1 Å². The second-order valence-corrected chi connectivity index (χ2v) is 8.63. The van der Waals surface area contributed by atoms with Crippen LogP contribution in [0, 0.1) is 0 Å². The molecule has 2 fully saturated rings. The summed E-state index contributed by atoms with van der Waals surface area (Å²) in [5, 5.41) is 0. The summed E-state index contributed by atoms with van der Waals surface area (Å²) in [4.78, 5) is 13.8. The van der Waals surface area contributed by atoms with Crippen molar-refractivity contribution in [3.63, 3.8) is 0 Å². The molecule has 0 saturated carbocycles. The number of benzene rings is 1. The average Bonchev–Trinajstić information content (AvgIpc) is 3.02. The summed E-state index contributed by atoms with van der Waals surface area (Å²) < 4.78 is 28.7. The molecule has 0 aromatic heterocycles. The molecule has 2 saturated heterocycles. The molecule has 7 heteroatoms. The zero-order valence-electron chi connectivity index (χ0n) is 14.1. The minimum atomic E-state index is -3.51. The van der Waals surface area contributed by atoms with Crippen LogP contribution in [-0.2, 0) is 21.5 Å². The van der Waals surface area contributed by atoms with Gasteiger partial charge >= 0.3 is 0 Å². The predicted molar refractivity (Wildman–Crippen MR) is 92.4 cm³/mol. The van der Waals surface area contributed by atoms with E-state index in [1.54, 1.807) is 7.05 Å². The normalized spacial score (nSPS) is 23.2. The van der Waals surface area contributed by atoms with Crippen LogP contribution < -0.4 is 0 Å². The van der Waals surface area contributed by atoms with Gasteiger partial charge in [0.1, 0.15) is 0 Å². The molecule has 0 spiro atoms. The zero-order chi connectivity index (χ0) is 17.2. The van der Waals surface area contributed by atoms with Crippen LogP contribution in [0.15, 0.2) is 30.3 Å². The molecule has 2 aliphatic rings. The number of hydrogen-bond acceptors (Lipinski definition) is 3. The van der Waals surface area contributed by atoms with Crippen LogP contribution in [0.4, 0.5) is 0 Å². The molecule has 1 atom stereocenters. The highest BCUT2D eigenvalue weighted by Crippen LogP contribution is 2.24. The summed E-state index contributed by atoms with van der Waals surface area (Å²) in [6.45, 7) is 2.05. The van der Waals surface area contributed by atoms with Gasteiger partial charge in [-0.15, -0.1) is 0 Å². The van der Waals surface area contributed by atoms with Gasteiger partial charge in [0.05, 0.1) is 0 Å². The maximum atomic E-state index is 12.9. The van der Waals surface area contributed by atoms with Gasteiger partial charge in [-0.3, -0.25) is 4.79 Å². The van der Waals surface area contributed by atoms with Crippen LogP contribution in [-0.4, -0.2) is 60.6 Å². The SMILES string of the molecule is CN(Cc1ccccc1)S(=O)(=O)N1CCC[C@H](N2CCCC2=O)C1. The van der Waals surface area contributed by atoms with E-state index < -0.39 is 10.2 Å². The van der Waals surface area contributed by atoms with Gasteiger partial charge in [-0.25, -0.2) is 0 Å². The predicted octanol–water partition coefficient (Wildman–Crippen LogP) is 1.45. The van der Waals surface area contributed by atoms with Gasteiger partial charge < -0.3 is 4.90 Å². The monoisotopic (exact) mass is 351 g/mol. The lowest BCUT2D eigenvalue weighted by atomic mass is 10.1. The van der Waals surface area contributed by atoms with Crippen molar-refractivity contribution in [2.24, 2.45) is 0 Å². The van der Waals surface area contributed by atoms with Gasteiger partial charge in [-0.2, -0.15) is 17.0 Å². The first-order valence-corrected chi connectivity index (χ1v) is 9.93. The number of rotatable bonds is 5. The molecule has 1 aromatic rings. The molecule has 1 aromatic carbocycles. The Morgan fingerprint density at radius 3 is 2.58 bits per heavy atom. The molecule has 1 amide bonds. The Morgan fingerprint density at radius 2 is 1.92 bits per heavy atom. The van der Waals surface area contributed by atoms with E-state index in [0.717, 1.165) is 31.4 Å². The number of carbonyl (C=O) groups excluding carboxylic acids is 1. The van der Waals surface area contributed by atoms with Gasteiger partial charge in [-0.05, 0) is 24.8 Å². The number of hydrogen-bond donors (Lipinski definition) is 0. The Hall–Kier alpha value is -1.44. The molecule has 2 heterocycles. The first-order chi connectivity index (χ1) is 11.5. The topological polar surface area (TPSA) is 60.9 Å². The van der Waals surface area contributed by atoms with Crippen molar-refractivity contribution in [3.05, 3.63) is 35.9 Å². The zero-order valence-corrected chi connectivity index (χ0v) is 14.9. The number of amides is 1. The maximum absolute atomic E-state index is 12.9. The van der Waals surface area contributed by atoms with Crippen LogP contribution in [0.3, 0.4) is 0 Å². The number of piperidine rings is 1. The molecule has 24 heavy (non-hydrogen) atoms. The lowest BCUT2D eigenvalue weighted by Crippen LogP contribution is -2.52. The molecular formula is C17H25N3O3S. The second kappa shape index (κ2) is 7.21. The minimum absolute atomic E-state index is 0.0219. The second-order valence-electron chi connectivity index (χ2n) is 6.59. The van der Waals surface area contributed by atoms with Crippen LogP contribution in [0.2, 0.25) is 0 Å². The summed E-state index contributed by atoms with van der Waals surface area (Å²) in [5.41, 5.74) is 0.965. The molecule has 0 aliphatic carbocycles. The molecule has 0 N–H and O–H groups in total. The van der Waals surface area contributed by atoms with E-state index in [2.05, 4.69) is 0 Å². The quantitative estimate of drug-likeness (QED) is 0.807. The van der Waals surface area contributed by atoms with Gasteiger partial charge in [0.2, 0.25) is 5.91 Å². The lowest BCUT2D eigenvalue weighted by molar-refractivity contribution is -0.130. The van der Waals surface area contributed by atoms with E-state index in [1.165, 1.54) is 8.61 Å². The molecule has 0 unspecified atom stereocenters. The summed E-state index contributed by atoms with van der Waals surface area (Å²) in [7, 11) is -1.89. The fraction of sp³-hybridized carbons (Fsp3) is 0.588. The van der Waals surface area contributed by atoms with Crippen LogP contribution >= 0.6 is 0 Å². The summed E-state index contributed by atoms with van der Waals surface area (Å²) in [5.74, 6) is 0.164. The lowest BCUT2D eigenvalue weighted by Gasteiger charge is -2.38. The highest BCUT2D eigenvalue weighted by molar-refractivity contribution is 7.86. The van der Waals surface area contributed by atoms with Gasteiger partial charge in [0.25, 0.3) is 10.2 Å². The van der Waals surface area contributed by atoms with Crippen LogP contribution in [0.1, 0.15) is 31.2 Å². The first kappa shape index (κ1) is 17.4. The average molecular weight is 351 g/mol. The van der Waals surface area contributed by atoms with E-state index in [9.17, 15) is 13.2 Å². The van der Waals surface area contributed by atoms with E-state index in [1.807, 2.05) is 35.2 Å². The summed E-state index contributed by atoms with van der Waals surface area (Å²) in [6.07, 6.45) is 3.17. The maximum Gasteiger partial charge on any atom is 0.282 e. The summed E-state index contributed by atoms with van der Waals surface area (Å²) >= 11 is 0. The Balaban J connectivity index is 1.68. The Bertz CT molecular complexity index is 678. The molecule has 0 radical (unpaired) electrons. The molecule has 6 nitrogen and oxygen atoms in total. The van der Waals surface area contributed by atoms with E-state index >= 15 is 0 Å². The Morgan fingerprint density at radius 1 is 1.17 bits per heavy atom.